The molecule has 4 nitrogen and oxygen atoms in total. The van der Waals surface area contributed by atoms with Crippen LogP contribution in [0, 0.1) is 0 Å². The molecule has 0 aliphatic rings. The van der Waals surface area contributed by atoms with Crippen molar-refractivity contribution in [3.05, 3.63) is 29.8 Å². The van der Waals surface area contributed by atoms with Crippen LogP contribution in [0.5, 0.6) is 0 Å². The number of nitrogen functional groups attached to an aromatic ring is 1. The molecule has 18 heavy (non-hydrogen) atoms. The molecule has 0 saturated carbocycles. The Hall–Kier alpha value is -1.55. The summed E-state index contributed by atoms with van der Waals surface area (Å²) in [6.07, 6.45) is 1.18. The average molecular weight is 250 g/mol. The summed E-state index contributed by atoms with van der Waals surface area (Å²) in [6, 6.07) is 7.68. The molecule has 1 unspecified atom stereocenters. The number of nitrogens with two attached hydrogens (primary N) is 1. The maximum absolute atomic E-state index is 11.7. The maximum Gasteiger partial charge on any atom is 0.220 e. The van der Waals surface area contributed by atoms with Crippen molar-refractivity contribution in [1.82, 2.24) is 5.32 Å². The standard InChI is InChI=1S/C14H22N2O2/c1-3-18-10-11(2)16-14(17)8-7-12-5-4-6-13(15)9-12/h4-6,9,11H,3,7-8,10,15H2,1-2H3,(H,16,17). The van der Waals surface area contributed by atoms with Gasteiger partial charge in [-0.3, -0.25) is 4.79 Å². The summed E-state index contributed by atoms with van der Waals surface area (Å²) in [5, 5.41) is 2.90. The second kappa shape index (κ2) is 7.71. The summed E-state index contributed by atoms with van der Waals surface area (Å²) in [6.45, 7) is 5.10. The molecule has 0 heterocycles. The monoisotopic (exact) mass is 250 g/mol. The summed E-state index contributed by atoms with van der Waals surface area (Å²) in [7, 11) is 0. The van der Waals surface area contributed by atoms with Crippen molar-refractivity contribution < 1.29 is 9.53 Å². The molecule has 1 rings (SSSR count). The van der Waals surface area contributed by atoms with Gasteiger partial charge in [-0.1, -0.05) is 12.1 Å². The van der Waals surface area contributed by atoms with Gasteiger partial charge < -0.3 is 15.8 Å². The fourth-order valence-corrected chi connectivity index (χ4v) is 1.69. The van der Waals surface area contributed by atoms with Crippen LogP contribution in [0.4, 0.5) is 5.69 Å². The van der Waals surface area contributed by atoms with Crippen LogP contribution in [-0.4, -0.2) is 25.2 Å². The molecule has 1 amide bonds. The highest BCUT2D eigenvalue weighted by Crippen LogP contribution is 2.08. The first kappa shape index (κ1) is 14.5. The molecule has 3 N–H and O–H groups in total. The second-order valence-electron chi connectivity index (χ2n) is 4.37. The zero-order chi connectivity index (χ0) is 13.4. The molecule has 0 fully saturated rings. The zero-order valence-corrected chi connectivity index (χ0v) is 11.1. The van der Waals surface area contributed by atoms with Crippen LogP contribution in [0.15, 0.2) is 24.3 Å². The Kier molecular flexibility index (Phi) is 6.22. The molecule has 0 aromatic heterocycles. The number of hydrogen-bond donors (Lipinski definition) is 2. The number of carbonyl (C=O) groups excluding carboxylic acids is 1. The second-order valence-corrected chi connectivity index (χ2v) is 4.37. The van der Waals surface area contributed by atoms with E-state index < -0.39 is 0 Å². The van der Waals surface area contributed by atoms with Gasteiger partial charge in [0.15, 0.2) is 0 Å². The number of ether oxygens (including phenoxy) is 1. The topological polar surface area (TPSA) is 64.3 Å². The number of benzene rings is 1. The normalized spacial score (nSPS) is 12.1. The minimum Gasteiger partial charge on any atom is -0.399 e. The van der Waals surface area contributed by atoms with Crippen LogP contribution in [0.25, 0.3) is 0 Å². The minimum absolute atomic E-state index is 0.0460. The molecule has 0 aliphatic heterocycles. The van der Waals surface area contributed by atoms with Gasteiger partial charge in [0.2, 0.25) is 5.91 Å². The summed E-state index contributed by atoms with van der Waals surface area (Å²) in [5.41, 5.74) is 7.50. The van der Waals surface area contributed by atoms with Crippen molar-refractivity contribution in [3.8, 4) is 0 Å². The third-order valence-electron chi connectivity index (χ3n) is 2.57. The molecule has 4 heteroatoms. The Morgan fingerprint density at radius 1 is 1.50 bits per heavy atom. The highest BCUT2D eigenvalue weighted by atomic mass is 16.5. The molecule has 0 bridgehead atoms. The van der Waals surface area contributed by atoms with Crippen molar-refractivity contribution in [2.45, 2.75) is 32.7 Å². The molecule has 0 aliphatic carbocycles. The largest absolute Gasteiger partial charge is 0.399 e. The molecular formula is C14H22N2O2. The predicted octanol–water partition coefficient (Wildman–Crippen LogP) is 1.74. The molecule has 1 aromatic carbocycles. The van der Waals surface area contributed by atoms with E-state index in [2.05, 4.69) is 5.32 Å². The van der Waals surface area contributed by atoms with Crippen LogP contribution in [-0.2, 0) is 16.0 Å². The number of nitrogens with one attached hydrogen (secondary N) is 1. The van der Waals surface area contributed by atoms with Gasteiger partial charge in [-0.2, -0.15) is 0 Å². The number of aryl methyl sites for hydroxylation is 1. The number of anilines is 1. The number of rotatable bonds is 7. The maximum atomic E-state index is 11.7. The molecule has 0 radical (unpaired) electrons. The smallest absolute Gasteiger partial charge is 0.220 e. The summed E-state index contributed by atoms with van der Waals surface area (Å²) in [5.74, 6) is 0.0460. The minimum atomic E-state index is 0.0460. The van der Waals surface area contributed by atoms with Gasteiger partial charge in [0, 0.05) is 24.8 Å². The van der Waals surface area contributed by atoms with Gasteiger partial charge >= 0.3 is 0 Å². The third kappa shape index (κ3) is 5.68. The Bertz CT molecular complexity index is 380. The van der Waals surface area contributed by atoms with Gasteiger partial charge in [0.25, 0.3) is 0 Å². The zero-order valence-electron chi connectivity index (χ0n) is 11.1. The van der Waals surface area contributed by atoms with Crippen molar-refractivity contribution in [2.75, 3.05) is 18.9 Å². The van der Waals surface area contributed by atoms with E-state index in [-0.39, 0.29) is 11.9 Å². The Morgan fingerprint density at radius 2 is 2.28 bits per heavy atom. The van der Waals surface area contributed by atoms with E-state index in [4.69, 9.17) is 10.5 Å². The van der Waals surface area contributed by atoms with E-state index in [0.29, 0.717) is 26.1 Å². The fourth-order valence-electron chi connectivity index (χ4n) is 1.69. The highest BCUT2D eigenvalue weighted by molar-refractivity contribution is 5.76. The Morgan fingerprint density at radius 3 is 2.94 bits per heavy atom. The van der Waals surface area contributed by atoms with Crippen molar-refractivity contribution >= 4 is 11.6 Å². The molecule has 100 valence electrons. The lowest BCUT2D eigenvalue weighted by Crippen LogP contribution is -2.36. The molecule has 0 saturated heterocycles. The van der Waals surface area contributed by atoms with Crippen LogP contribution < -0.4 is 11.1 Å². The first-order valence-corrected chi connectivity index (χ1v) is 6.33. The van der Waals surface area contributed by atoms with Gasteiger partial charge in [-0.05, 0) is 38.0 Å². The van der Waals surface area contributed by atoms with E-state index >= 15 is 0 Å². The lowest BCUT2D eigenvalue weighted by Gasteiger charge is -2.13. The molecule has 1 aromatic rings. The molecule has 1 atom stereocenters. The van der Waals surface area contributed by atoms with E-state index in [1.54, 1.807) is 0 Å². The van der Waals surface area contributed by atoms with Gasteiger partial charge in [0.1, 0.15) is 0 Å². The lowest BCUT2D eigenvalue weighted by molar-refractivity contribution is -0.122. The van der Waals surface area contributed by atoms with Gasteiger partial charge in [-0.25, -0.2) is 0 Å². The van der Waals surface area contributed by atoms with E-state index in [1.165, 1.54) is 0 Å². The number of amides is 1. The third-order valence-corrected chi connectivity index (χ3v) is 2.57. The first-order chi connectivity index (χ1) is 8.61. The lowest BCUT2D eigenvalue weighted by atomic mass is 10.1. The first-order valence-electron chi connectivity index (χ1n) is 6.33. The van der Waals surface area contributed by atoms with Crippen molar-refractivity contribution in [3.63, 3.8) is 0 Å². The van der Waals surface area contributed by atoms with Crippen LogP contribution in [0.2, 0.25) is 0 Å². The highest BCUT2D eigenvalue weighted by Gasteiger charge is 2.07. The van der Waals surface area contributed by atoms with Crippen molar-refractivity contribution in [1.29, 1.82) is 0 Å². The SMILES string of the molecule is CCOCC(C)NC(=O)CCc1cccc(N)c1. The van der Waals surface area contributed by atoms with E-state index in [0.717, 1.165) is 11.3 Å². The van der Waals surface area contributed by atoms with Crippen molar-refractivity contribution in [2.24, 2.45) is 0 Å². The molecular weight excluding hydrogens is 228 g/mol. The average Bonchev–Trinajstić information content (AvgIpc) is 2.34. The van der Waals surface area contributed by atoms with Crippen LogP contribution >= 0.6 is 0 Å². The quantitative estimate of drug-likeness (QED) is 0.724. The Balaban J connectivity index is 2.28. The van der Waals surface area contributed by atoms with E-state index in [9.17, 15) is 4.79 Å². The summed E-state index contributed by atoms with van der Waals surface area (Å²) < 4.78 is 5.24. The summed E-state index contributed by atoms with van der Waals surface area (Å²) >= 11 is 0. The number of carbonyl (C=O) groups is 1. The van der Waals surface area contributed by atoms with E-state index in [1.807, 2.05) is 38.1 Å². The Labute approximate surface area is 109 Å². The fraction of sp³-hybridized carbons (Fsp3) is 0.500. The molecule has 0 spiro atoms. The van der Waals surface area contributed by atoms with Gasteiger partial charge in [-0.15, -0.1) is 0 Å². The van der Waals surface area contributed by atoms with Gasteiger partial charge in [0.05, 0.1) is 6.61 Å². The summed E-state index contributed by atoms with van der Waals surface area (Å²) in [4.78, 5) is 11.7. The number of hydrogen-bond acceptors (Lipinski definition) is 3. The predicted molar refractivity (Wildman–Crippen MR) is 73.3 cm³/mol. The van der Waals surface area contributed by atoms with Crippen LogP contribution in [0.3, 0.4) is 0 Å². The van der Waals surface area contributed by atoms with Crippen LogP contribution in [0.1, 0.15) is 25.8 Å².